The van der Waals surface area contributed by atoms with Crippen LogP contribution in [-0.2, 0) is 11.2 Å². The van der Waals surface area contributed by atoms with E-state index < -0.39 is 0 Å². The van der Waals surface area contributed by atoms with Crippen molar-refractivity contribution in [3.63, 3.8) is 0 Å². The van der Waals surface area contributed by atoms with Crippen LogP contribution in [0.1, 0.15) is 31.7 Å². The van der Waals surface area contributed by atoms with Gasteiger partial charge >= 0.3 is 0 Å². The van der Waals surface area contributed by atoms with E-state index in [9.17, 15) is 0 Å². The predicted molar refractivity (Wildman–Crippen MR) is 69.2 cm³/mol. The van der Waals surface area contributed by atoms with E-state index in [1.165, 1.54) is 17.6 Å². The summed E-state index contributed by atoms with van der Waals surface area (Å²) in [6, 6.07) is 8.20. The minimum Gasteiger partial charge on any atom is -0.465 e. The van der Waals surface area contributed by atoms with Gasteiger partial charge in [-0.05, 0) is 43.9 Å². The topological polar surface area (TPSA) is 18.5 Å². The summed E-state index contributed by atoms with van der Waals surface area (Å²) in [4.78, 5) is 0. The Morgan fingerprint density at radius 3 is 2.71 bits per heavy atom. The molecule has 0 amide bonds. The summed E-state index contributed by atoms with van der Waals surface area (Å²) < 4.78 is 11.3. The Hall–Kier alpha value is -1.28. The zero-order valence-corrected chi connectivity index (χ0v) is 10.4. The fraction of sp³-hybridized carbons (Fsp3) is 0.467. The number of allylic oxidation sites excluding steroid dienone is 1. The first-order chi connectivity index (χ1) is 8.24. The maximum atomic E-state index is 5.77. The number of benzene rings is 1. The molecule has 0 saturated carbocycles. The standard InChI is InChI=1S/C15H20O2/c1-12(2)11-13-6-8-14(9-7-13)17-15-5-3-4-10-16-15/h6-9,15H,1,3-5,10-11H2,2H3/t15-/m0/s1. The number of ether oxygens (including phenoxy) is 2. The molecule has 0 bridgehead atoms. The third-order valence-corrected chi connectivity index (χ3v) is 2.83. The van der Waals surface area contributed by atoms with Crippen molar-refractivity contribution in [1.29, 1.82) is 0 Å². The van der Waals surface area contributed by atoms with Gasteiger partial charge in [-0.2, -0.15) is 0 Å². The minimum atomic E-state index is -0.0595. The molecule has 0 aliphatic carbocycles. The minimum absolute atomic E-state index is 0.0595. The third-order valence-electron chi connectivity index (χ3n) is 2.83. The second kappa shape index (κ2) is 5.87. The number of rotatable bonds is 4. The molecule has 2 nitrogen and oxygen atoms in total. The van der Waals surface area contributed by atoms with E-state index in [1.807, 2.05) is 19.1 Å². The number of hydrogen-bond donors (Lipinski definition) is 0. The van der Waals surface area contributed by atoms with E-state index in [0.717, 1.165) is 31.6 Å². The van der Waals surface area contributed by atoms with Gasteiger partial charge in [0.15, 0.2) is 6.29 Å². The molecule has 1 aliphatic heterocycles. The number of hydrogen-bond acceptors (Lipinski definition) is 2. The molecular weight excluding hydrogens is 212 g/mol. The molecule has 1 atom stereocenters. The summed E-state index contributed by atoms with van der Waals surface area (Å²) in [7, 11) is 0. The molecule has 1 aromatic rings. The Morgan fingerprint density at radius 1 is 1.35 bits per heavy atom. The second-order valence-electron chi connectivity index (χ2n) is 4.69. The SMILES string of the molecule is C=C(C)Cc1ccc(O[C@H]2CCCCO2)cc1. The Morgan fingerprint density at radius 2 is 2.12 bits per heavy atom. The average Bonchev–Trinajstić information content (AvgIpc) is 2.32. The van der Waals surface area contributed by atoms with Crippen LogP contribution < -0.4 is 4.74 Å². The van der Waals surface area contributed by atoms with E-state index in [1.54, 1.807) is 0 Å². The van der Waals surface area contributed by atoms with Gasteiger partial charge in [0.05, 0.1) is 6.61 Å². The van der Waals surface area contributed by atoms with Crippen molar-refractivity contribution < 1.29 is 9.47 Å². The van der Waals surface area contributed by atoms with Crippen molar-refractivity contribution in [2.24, 2.45) is 0 Å². The van der Waals surface area contributed by atoms with E-state index in [-0.39, 0.29) is 6.29 Å². The summed E-state index contributed by atoms with van der Waals surface area (Å²) in [5.41, 5.74) is 2.45. The first-order valence-corrected chi connectivity index (χ1v) is 6.25. The molecule has 0 unspecified atom stereocenters. The Kier molecular flexibility index (Phi) is 4.21. The van der Waals surface area contributed by atoms with Crippen molar-refractivity contribution in [2.45, 2.75) is 38.9 Å². The van der Waals surface area contributed by atoms with Gasteiger partial charge in [0.25, 0.3) is 0 Å². The molecular formula is C15H20O2. The molecule has 0 N–H and O–H groups in total. The lowest BCUT2D eigenvalue weighted by Crippen LogP contribution is -2.24. The molecule has 1 aliphatic rings. The zero-order chi connectivity index (χ0) is 12.1. The highest BCUT2D eigenvalue weighted by atomic mass is 16.7. The highest BCUT2D eigenvalue weighted by Crippen LogP contribution is 2.20. The van der Waals surface area contributed by atoms with E-state index in [2.05, 4.69) is 18.7 Å². The summed E-state index contributed by atoms with van der Waals surface area (Å²) in [6.07, 6.45) is 4.21. The zero-order valence-electron chi connectivity index (χ0n) is 10.4. The van der Waals surface area contributed by atoms with Crippen LogP contribution in [0.3, 0.4) is 0 Å². The monoisotopic (exact) mass is 232 g/mol. The molecule has 0 spiro atoms. The van der Waals surface area contributed by atoms with E-state index in [0.29, 0.717) is 0 Å². The fourth-order valence-corrected chi connectivity index (χ4v) is 1.99. The van der Waals surface area contributed by atoms with Crippen LogP contribution in [0, 0.1) is 0 Å². The van der Waals surface area contributed by atoms with Gasteiger partial charge in [0.2, 0.25) is 0 Å². The summed E-state index contributed by atoms with van der Waals surface area (Å²) in [6.45, 7) is 6.77. The molecule has 2 rings (SSSR count). The van der Waals surface area contributed by atoms with Crippen molar-refractivity contribution in [1.82, 2.24) is 0 Å². The van der Waals surface area contributed by atoms with E-state index in [4.69, 9.17) is 9.47 Å². The largest absolute Gasteiger partial charge is 0.465 e. The predicted octanol–water partition coefficient (Wildman–Crippen LogP) is 3.71. The Balaban J connectivity index is 1.90. The van der Waals surface area contributed by atoms with Crippen molar-refractivity contribution >= 4 is 0 Å². The van der Waals surface area contributed by atoms with Gasteiger partial charge in [-0.1, -0.05) is 24.3 Å². The Labute approximate surface area is 103 Å². The molecule has 1 saturated heterocycles. The van der Waals surface area contributed by atoms with Crippen LogP contribution in [-0.4, -0.2) is 12.9 Å². The maximum Gasteiger partial charge on any atom is 0.199 e. The quantitative estimate of drug-likeness (QED) is 0.737. The molecule has 2 heteroatoms. The summed E-state index contributed by atoms with van der Waals surface area (Å²) in [5.74, 6) is 0.891. The molecule has 1 fully saturated rings. The van der Waals surface area contributed by atoms with Gasteiger partial charge < -0.3 is 9.47 Å². The molecule has 92 valence electrons. The van der Waals surface area contributed by atoms with Gasteiger partial charge in [-0.25, -0.2) is 0 Å². The van der Waals surface area contributed by atoms with Crippen LogP contribution in [0.25, 0.3) is 0 Å². The van der Waals surface area contributed by atoms with E-state index >= 15 is 0 Å². The van der Waals surface area contributed by atoms with Gasteiger partial charge in [0, 0.05) is 6.42 Å². The molecule has 0 radical (unpaired) electrons. The lowest BCUT2D eigenvalue weighted by molar-refractivity contribution is -0.105. The fourth-order valence-electron chi connectivity index (χ4n) is 1.99. The maximum absolute atomic E-state index is 5.77. The van der Waals surface area contributed by atoms with Gasteiger partial charge in [0.1, 0.15) is 5.75 Å². The third kappa shape index (κ3) is 3.90. The Bertz CT molecular complexity index is 361. The van der Waals surface area contributed by atoms with Crippen molar-refractivity contribution in [3.05, 3.63) is 42.0 Å². The second-order valence-corrected chi connectivity index (χ2v) is 4.69. The first-order valence-electron chi connectivity index (χ1n) is 6.25. The van der Waals surface area contributed by atoms with Crippen molar-refractivity contribution in [3.8, 4) is 5.75 Å². The van der Waals surface area contributed by atoms with Crippen LogP contribution in [0.15, 0.2) is 36.4 Å². The molecule has 17 heavy (non-hydrogen) atoms. The van der Waals surface area contributed by atoms with Gasteiger partial charge in [-0.15, -0.1) is 0 Å². The lowest BCUT2D eigenvalue weighted by atomic mass is 10.1. The lowest BCUT2D eigenvalue weighted by Gasteiger charge is -2.23. The first kappa shape index (κ1) is 12.2. The smallest absolute Gasteiger partial charge is 0.199 e. The van der Waals surface area contributed by atoms with Crippen molar-refractivity contribution in [2.75, 3.05) is 6.61 Å². The summed E-state index contributed by atoms with van der Waals surface area (Å²) >= 11 is 0. The normalized spacial score (nSPS) is 19.9. The highest BCUT2D eigenvalue weighted by molar-refractivity contribution is 5.29. The van der Waals surface area contributed by atoms with Gasteiger partial charge in [-0.3, -0.25) is 0 Å². The average molecular weight is 232 g/mol. The van der Waals surface area contributed by atoms with Crippen LogP contribution in [0.2, 0.25) is 0 Å². The summed E-state index contributed by atoms with van der Waals surface area (Å²) in [5, 5.41) is 0. The van der Waals surface area contributed by atoms with Crippen LogP contribution in [0.4, 0.5) is 0 Å². The molecule has 0 aromatic heterocycles. The molecule has 1 aromatic carbocycles. The highest BCUT2D eigenvalue weighted by Gasteiger charge is 2.14. The molecule has 1 heterocycles. The van der Waals surface area contributed by atoms with Crippen LogP contribution in [0.5, 0.6) is 5.75 Å². The van der Waals surface area contributed by atoms with Crippen LogP contribution >= 0.6 is 0 Å².